The van der Waals surface area contributed by atoms with Gasteiger partial charge in [-0.15, -0.1) is 0 Å². The minimum Gasteiger partial charge on any atom is -0.320 e. The van der Waals surface area contributed by atoms with Gasteiger partial charge in [-0.3, -0.25) is 0 Å². The fraction of sp³-hybridized carbons (Fsp3) is 0.235. The summed E-state index contributed by atoms with van der Waals surface area (Å²) >= 11 is 5.93. The third-order valence-electron chi connectivity index (χ3n) is 3.32. The molecule has 0 radical (unpaired) electrons. The Balaban J connectivity index is 2.06. The first-order chi connectivity index (χ1) is 10.1. The lowest BCUT2D eigenvalue weighted by Crippen LogP contribution is -2.34. The van der Waals surface area contributed by atoms with E-state index in [1.807, 2.05) is 56.3 Å². The number of rotatable bonds is 4. The van der Waals surface area contributed by atoms with Gasteiger partial charge in [0.15, 0.2) is 0 Å². The molecule has 0 atom stereocenters. The number of nitrogens with zero attached hydrogens (tertiary/aromatic N) is 1. The van der Waals surface area contributed by atoms with Crippen molar-refractivity contribution in [3.8, 4) is 0 Å². The molecule has 0 saturated carbocycles. The van der Waals surface area contributed by atoms with Gasteiger partial charge in [0, 0.05) is 23.8 Å². The maximum Gasteiger partial charge on any atom is 0.322 e. The monoisotopic (exact) mass is 302 g/mol. The average molecular weight is 303 g/mol. The molecule has 0 spiro atoms. The molecule has 2 aromatic carbocycles. The van der Waals surface area contributed by atoms with Crippen molar-refractivity contribution in [2.24, 2.45) is 0 Å². The Labute approximate surface area is 130 Å². The lowest BCUT2D eigenvalue weighted by Gasteiger charge is -2.22. The summed E-state index contributed by atoms with van der Waals surface area (Å²) < 4.78 is 0. The molecule has 0 aliphatic carbocycles. The van der Waals surface area contributed by atoms with Crippen molar-refractivity contribution in [3.05, 3.63) is 64.7 Å². The number of benzene rings is 2. The average Bonchev–Trinajstić information content (AvgIpc) is 2.48. The first-order valence-corrected chi connectivity index (χ1v) is 7.34. The SMILES string of the molecule is CCN(Cc1ccccc1)C(=O)Nc1ccc(Cl)cc1C. The Morgan fingerprint density at radius 2 is 1.90 bits per heavy atom. The van der Waals surface area contributed by atoms with Crippen molar-refractivity contribution in [2.75, 3.05) is 11.9 Å². The van der Waals surface area contributed by atoms with Crippen LogP contribution in [-0.2, 0) is 6.54 Å². The summed E-state index contributed by atoms with van der Waals surface area (Å²) in [6.07, 6.45) is 0. The van der Waals surface area contributed by atoms with Crippen LogP contribution in [0.25, 0.3) is 0 Å². The molecule has 0 bridgehead atoms. The molecule has 0 aliphatic heterocycles. The third kappa shape index (κ3) is 4.23. The van der Waals surface area contributed by atoms with Gasteiger partial charge in [0.2, 0.25) is 0 Å². The van der Waals surface area contributed by atoms with Gasteiger partial charge >= 0.3 is 6.03 Å². The van der Waals surface area contributed by atoms with Crippen molar-refractivity contribution in [2.45, 2.75) is 20.4 Å². The lowest BCUT2D eigenvalue weighted by atomic mass is 10.2. The van der Waals surface area contributed by atoms with Gasteiger partial charge < -0.3 is 10.2 Å². The molecule has 3 nitrogen and oxygen atoms in total. The molecule has 2 amide bonds. The Bertz CT molecular complexity index is 613. The smallest absolute Gasteiger partial charge is 0.320 e. The van der Waals surface area contributed by atoms with Crippen LogP contribution in [0.3, 0.4) is 0 Å². The highest BCUT2D eigenvalue weighted by Gasteiger charge is 2.13. The van der Waals surface area contributed by atoms with E-state index < -0.39 is 0 Å². The number of aryl methyl sites for hydroxylation is 1. The second-order valence-electron chi connectivity index (χ2n) is 4.89. The van der Waals surface area contributed by atoms with Crippen LogP contribution in [-0.4, -0.2) is 17.5 Å². The third-order valence-corrected chi connectivity index (χ3v) is 3.55. The highest BCUT2D eigenvalue weighted by molar-refractivity contribution is 6.30. The normalized spacial score (nSPS) is 10.2. The van der Waals surface area contributed by atoms with Crippen molar-refractivity contribution >= 4 is 23.3 Å². The summed E-state index contributed by atoms with van der Waals surface area (Å²) in [4.78, 5) is 14.1. The zero-order valence-corrected chi connectivity index (χ0v) is 13.0. The number of urea groups is 1. The number of amides is 2. The van der Waals surface area contributed by atoms with Gasteiger partial charge in [0.25, 0.3) is 0 Å². The zero-order chi connectivity index (χ0) is 15.2. The van der Waals surface area contributed by atoms with Crippen LogP contribution in [0.4, 0.5) is 10.5 Å². The van der Waals surface area contributed by atoms with Crippen molar-refractivity contribution in [1.29, 1.82) is 0 Å². The summed E-state index contributed by atoms with van der Waals surface area (Å²) in [6, 6.07) is 15.3. The number of anilines is 1. The van der Waals surface area contributed by atoms with Crippen LogP contribution in [0, 0.1) is 6.92 Å². The molecule has 110 valence electrons. The number of hydrogen-bond acceptors (Lipinski definition) is 1. The van der Waals surface area contributed by atoms with Crippen LogP contribution < -0.4 is 5.32 Å². The molecule has 1 N–H and O–H groups in total. The van der Waals surface area contributed by atoms with E-state index in [1.165, 1.54) is 0 Å². The van der Waals surface area contributed by atoms with E-state index in [0.717, 1.165) is 16.8 Å². The summed E-state index contributed by atoms with van der Waals surface area (Å²) in [5.41, 5.74) is 2.85. The van der Waals surface area contributed by atoms with Gasteiger partial charge in [0.1, 0.15) is 0 Å². The maximum absolute atomic E-state index is 12.4. The van der Waals surface area contributed by atoms with Crippen LogP contribution in [0.15, 0.2) is 48.5 Å². The molecular formula is C17H19ClN2O. The molecule has 2 rings (SSSR count). The van der Waals surface area contributed by atoms with Crippen molar-refractivity contribution in [3.63, 3.8) is 0 Å². The van der Waals surface area contributed by atoms with Crippen LogP contribution in [0.2, 0.25) is 5.02 Å². The molecule has 0 fully saturated rings. The summed E-state index contributed by atoms with van der Waals surface area (Å²) in [5.74, 6) is 0. The Morgan fingerprint density at radius 1 is 1.19 bits per heavy atom. The zero-order valence-electron chi connectivity index (χ0n) is 12.3. The molecule has 0 saturated heterocycles. The highest BCUT2D eigenvalue weighted by Crippen LogP contribution is 2.20. The molecular weight excluding hydrogens is 284 g/mol. The predicted molar refractivity (Wildman–Crippen MR) is 87.7 cm³/mol. The van der Waals surface area contributed by atoms with Crippen molar-refractivity contribution in [1.82, 2.24) is 4.90 Å². The van der Waals surface area contributed by atoms with E-state index in [-0.39, 0.29) is 6.03 Å². The first-order valence-electron chi connectivity index (χ1n) is 6.96. The molecule has 0 unspecified atom stereocenters. The Morgan fingerprint density at radius 3 is 2.52 bits per heavy atom. The van der Waals surface area contributed by atoms with E-state index in [2.05, 4.69) is 5.32 Å². The summed E-state index contributed by atoms with van der Waals surface area (Å²) in [6.45, 7) is 5.13. The van der Waals surface area contributed by atoms with E-state index >= 15 is 0 Å². The quantitative estimate of drug-likeness (QED) is 0.872. The van der Waals surface area contributed by atoms with Gasteiger partial charge in [-0.1, -0.05) is 41.9 Å². The first kappa shape index (κ1) is 15.4. The molecule has 21 heavy (non-hydrogen) atoms. The van der Waals surface area contributed by atoms with E-state index in [0.29, 0.717) is 18.1 Å². The fourth-order valence-corrected chi connectivity index (χ4v) is 2.32. The van der Waals surface area contributed by atoms with E-state index in [9.17, 15) is 4.79 Å². The molecule has 0 aromatic heterocycles. The minimum atomic E-state index is -0.105. The van der Waals surface area contributed by atoms with Crippen LogP contribution in [0.1, 0.15) is 18.1 Å². The topological polar surface area (TPSA) is 32.3 Å². The predicted octanol–water partition coefficient (Wildman–Crippen LogP) is 4.70. The standard InChI is InChI=1S/C17H19ClN2O/c1-3-20(12-14-7-5-4-6-8-14)17(21)19-16-10-9-15(18)11-13(16)2/h4-11H,3,12H2,1-2H3,(H,19,21). The molecule has 2 aromatic rings. The number of hydrogen-bond donors (Lipinski definition) is 1. The molecule has 0 heterocycles. The number of carbonyl (C=O) groups is 1. The van der Waals surface area contributed by atoms with Crippen molar-refractivity contribution < 1.29 is 4.79 Å². The summed E-state index contributed by atoms with van der Waals surface area (Å²) in [5, 5.41) is 3.61. The Kier molecular flexibility index (Phi) is 5.23. The van der Waals surface area contributed by atoms with Gasteiger partial charge in [-0.05, 0) is 43.2 Å². The number of carbonyl (C=O) groups excluding carboxylic acids is 1. The van der Waals surface area contributed by atoms with Gasteiger partial charge in [-0.2, -0.15) is 0 Å². The minimum absolute atomic E-state index is 0.105. The summed E-state index contributed by atoms with van der Waals surface area (Å²) in [7, 11) is 0. The number of halogens is 1. The molecule has 0 aliphatic rings. The van der Waals surface area contributed by atoms with Crippen LogP contribution >= 0.6 is 11.6 Å². The Hall–Kier alpha value is -2.00. The largest absolute Gasteiger partial charge is 0.322 e. The lowest BCUT2D eigenvalue weighted by molar-refractivity contribution is 0.212. The second kappa shape index (κ2) is 7.14. The van der Waals surface area contributed by atoms with Gasteiger partial charge in [-0.25, -0.2) is 4.79 Å². The van der Waals surface area contributed by atoms with Gasteiger partial charge in [0.05, 0.1) is 0 Å². The van der Waals surface area contributed by atoms with Crippen LogP contribution in [0.5, 0.6) is 0 Å². The second-order valence-corrected chi connectivity index (χ2v) is 5.33. The molecule has 4 heteroatoms. The van der Waals surface area contributed by atoms with E-state index in [4.69, 9.17) is 11.6 Å². The maximum atomic E-state index is 12.4. The number of nitrogens with one attached hydrogen (secondary N) is 1. The highest BCUT2D eigenvalue weighted by atomic mass is 35.5. The van der Waals surface area contributed by atoms with E-state index in [1.54, 1.807) is 11.0 Å². The fourth-order valence-electron chi connectivity index (χ4n) is 2.09.